The molecule has 7 heteroatoms. The lowest BCUT2D eigenvalue weighted by atomic mass is 10.1. The van der Waals surface area contributed by atoms with Gasteiger partial charge in [0.2, 0.25) is 0 Å². The minimum Gasteiger partial charge on any atom is -0.495 e. The molecule has 1 N–H and O–H groups in total. The van der Waals surface area contributed by atoms with Crippen LogP contribution in [0.15, 0.2) is 73.2 Å². The fourth-order valence-electron chi connectivity index (χ4n) is 3.30. The van der Waals surface area contributed by atoms with E-state index in [1.165, 1.54) is 0 Å². The average molecular weight is 382 g/mol. The highest BCUT2D eigenvalue weighted by molar-refractivity contribution is 5.87. The molecule has 5 aromatic rings. The van der Waals surface area contributed by atoms with Crippen molar-refractivity contribution in [1.29, 1.82) is 0 Å². The van der Waals surface area contributed by atoms with Gasteiger partial charge in [-0.2, -0.15) is 0 Å². The van der Waals surface area contributed by atoms with Gasteiger partial charge in [0, 0.05) is 18.5 Å². The third-order valence-corrected chi connectivity index (χ3v) is 4.81. The first-order chi connectivity index (χ1) is 14.3. The Balaban J connectivity index is 1.46. The van der Waals surface area contributed by atoms with Crippen LogP contribution in [0.4, 0.5) is 5.69 Å². The number of anilines is 1. The van der Waals surface area contributed by atoms with Crippen molar-refractivity contribution >= 4 is 22.4 Å². The van der Waals surface area contributed by atoms with Crippen LogP contribution in [0.25, 0.3) is 27.8 Å². The number of hydrogen-bond acceptors (Lipinski definition) is 6. The second-order valence-electron chi connectivity index (χ2n) is 6.58. The summed E-state index contributed by atoms with van der Waals surface area (Å²) in [6.45, 7) is 0.506. The van der Waals surface area contributed by atoms with Crippen LogP contribution >= 0.6 is 0 Å². The number of nitrogens with zero attached hydrogens (tertiary/aromatic N) is 5. The van der Waals surface area contributed by atoms with Gasteiger partial charge in [0.05, 0.1) is 31.1 Å². The summed E-state index contributed by atoms with van der Waals surface area (Å²) in [5.41, 5.74) is 5.51. The third kappa shape index (κ3) is 3.23. The van der Waals surface area contributed by atoms with E-state index in [-0.39, 0.29) is 0 Å². The lowest BCUT2D eigenvalue weighted by Crippen LogP contribution is -2.05. The molecule has 0 aliphatic rings. The van der Waals surface area contributed by atoms with Crippen molar-refractivity contribution in [2.45, 2.75) is 6.54 Å². The Morgan fingerprint density at radius 2 is 1.86 bits per heavy atom. The first-order valence-corrected chi connectivity index (χ1v) is 9.23. The van der Waals surface area contributed by atoms with Crippen molar-refractivity contribution in [2.75, 3.05) is 12.4 Å². The smallest absolute Gasteiger partial charge is 0.160 e. The number of rotatable bonds is 5. The molecule has 0 fully saturated rings. The van der Waals surface area contributed by atoms with Gasteiger partial charge in [-0.1, -0.05) is 30.3 Å². The quantitative estimate of drug-likeness (QED) is 0.496. The standard InChI is InChI=1S/C22H18N6O/c1-29-17-11-19-22(25-12-17)18(9-10-23-19)24-13-21-27-26-20-8-7-16(14-28(20)21)15-5-3-2-4-6-15/h2-12,14H,13H2,1H3,(H,23,24). The highest BCUT2D eigenvalue weighted by Crippen LogP contribution is 2.24. The summed E-state index contributed by atoms with van der Waals surface area (Å²) in [5.74, 6) is 1.50. The zero-order chi connectivity index (χ0) is 19.6. The van der Waals surface area contributed by atoms with E-state index in [1.807, 2.05) is 40.8 Å². The highest BCUT2D eigenvalue weighted by atomic mass is 16.5. The summed E-state index contributed by atoms with van der Waals surface area (Å²) in [4.78, 5) is 8.85. The summed E-state index contributed by atoms with van der Waals surface area (Å²) in [5, 5.41) is 12.0. The van der Waals surface area contributed by atoms with E-state index in [4.69, 9.17) is 4.74 Å². The molecule has 0 spiro atoms. The molecule has 29 heavy (non-hydrogen) atoms. The monoisotopic (exact) mass is 382 g/mol. The topological polar surface area (TPSA) is 77.2 Å². The molecule has 1 aromatic carbocycles. The molecule has 7 nitrogen and oxygen atoms in total. The molecule has 0 atom stereocenters. The van der Waals surface area contributed by atoms with Crippen molar-refractivity contribution in [1.82, 2.24) is 24.6 Å². The Hall–Kier alpha value is -4.00. The van der Waals surface area contributed by atoms with E-state index in [1.54, 1.807) is 19.5 Å². The van der Waals surface area contributed by atoms with Gasteiger partial charge in [-0.25, -0.2) is 4.98 Å². The van der Waals surface area contributed by atoms with Gasteiger partial charge in [-0.3, -0.25) is 9.38 Å². The fraction of sp³-hybridized carbons (Fsp3) is 0.0909. The van der Waals surface area contributed by atoms with E-state index in [0.29, 0.717) is 12.3 Å². The molecular weight excluding hydrogens is 364 g/mol. The molecule has 5 rings (SSSR count). The van der Waals surface area contributed by atoms with Crippen LogP contribution in [-0.2, 0) is 6.54 Å². The molecule has 0 radical (unpaired) electrons. The minimum atomic E-state index is 0.506. The summed E-state index contributed by atoms with van der Waals surface area (Å²) < 4.78 is 7.24. The lowest BCUT2D eigenvalue weighted by Gasteiger charge is -2.09. The predicted molar refractivity (Wildman–Crippen MR) is 112 cm³/mol. The zero-order valence-corrected chi connectivity index (χ0v) is 15.8. The molecular formula is C22H18N6O. The molecule has 0 unspecified atom stereocenters. The van der Waals surface area contributed by atoms with Crippen LogP contribution in [0.3, 0.4) is 0 Å². The largest absolute Gasteiger partial charge is 0.495 e. The second kappa shape index (κ2) is 7.20. The van der Waals surface area contributed by atoms with E-state index >= 15 is 0 Å². The molecule has 0 amide bonds. The molecule has 0 saturated carbocycles. The van der Waals surface area contributed by atoms with Crippen LogP contribution in [0.2, 0.25) is 0 Å². The molecule has 142 valence electrons. The number of fused-ring (bicyclic) bond motifs is 2. The zero-order valence-electron chi connectivity index (χ0n) is 15.8. The van der Waals surface area contributed by atoms with Crippen molar-refractivity contribution in [2.24, 2.45) is 0 Å². The summed E-state index contributed by atoms with van der Waals surface area (Å²) in [6.07, 6.45) is 5.50. The fourth-order valence-corrected chi connectivity index (χ4v) is 3.30. The van der Waals surface area contributed by atoms with Crippen LogP contribution in [-0.4, -0.2) is 31.7 Å². The predicted octanol–water partition coefficient (Wildman–Crippen LogP) is 3.96. The molecule has 0 bridgehead atoms. The highest BCUT2D eigenvalue weighted by Gasteiger charge is 2.09. The Bertz CT molecular complexity index is 1300. The molecule has 4 heterocycles. The Morgan fingerprint density at radius 1 is 0.966 bits per heavy atom. The number of nitrogens with one attached hydrogen (secondary N) is 1. The Labute approximate surface area is 167 Å². The van der Waals surface area contributed by atoms with Crippen molar-refractivity contribution < 1.29 is 4.74 Å². The first-order valence-electron chi connectivity index (χ1n) is 9.23. The number of methoxy groups -OCH3 is 1. The third-order valence-electron chi connectivity index (χ3n) is 4.81. The van der Waals surface area contributed by atoms with Gasteiger partial charge in [-0.15, -0.1) is 10.2 Å². The average Bonchev–Trinajstić information content (AvgIpc) is 3.20. The summed E-state index contributed by atoms with van der Waals surface area (Å²) in [7, 11) is 1.62. The lowest BCUT2D eigenvalue weighted by molar-refractivity contribution is 0.413. The van der Waals surface area contributed by atoms with E-state index in [0.717, 1.165) is 39.3 Å². The van der Waals surface area contributed by atoms with Crippen LogP contribution in [0, 0.1) is 0 Å². The minimum absolute atomic E-state index is 0.506. The molecule has 0 aliphatic carbocycles. The van der Waals surface area contributed by atoms with Gasteiger partial charge in [-0.05, 0) is 29.3 Å². The van der Waals surface area contributed by atoms with Gasteiger partial charge in [0.15, 0.2) is 11.5 Å². The van der Waals surface area contributed by atoms with Crippen molar-refractivity contribution in [3.05, 3.63) is 79.0 Å². The van der Waals surface area contributed by atoms with Crippen LogP contribution in [0.1, 0.15) is 5.82 Å². The second-order valence-corrected chi connectivity index (χ2v) is 6.58. The number of pyridine rings is 3. The molecule has 4 aromatic heterocycles. The summed E-state index contributed by atoms with van der Waals surface area (Å²) >= 11 is 0. The SMILES string of the molecule is COc1cnc2c(NCc3nnc4ccc(-c5ccccc5)cn34)ccnc2c1. The number of aromatic nitrogens is 5. The maximum Gasteiger partial charge on any atom is 0.160 e. The Morgan fingerprint density at radius 3 is 2.72 bits per heavy atom. The first kappa shape index (κ1) is 17.1. The number of hydrogen-bond donors (Lipinski definition) is 1. The van der Waals surface area contributed by atoms with E-state index < -0.39 is 0 Å². The van der Waals surface area contributed by atoms with Gasteiger partial charge >= 0.3 is 0 Å². The maximum absolute atomic E-state index is 5.23. The van der Waals surface area contributed by atoms with Gasteiger partial charge < -0.3 is 10.1 Å². The Kier molecular flexibility index (Phi) is 4.25. The van der Waals surface area contributed by atoms with Gasteiger partial charge in [0.25, 0.3) is 0 Å². The number of ether oxygens (including phenoxy) is 1. The van der Waals surface area contributed by atoms with Gasteiger partial charge in [0.1, 0.15) is 11.3 Å². The van der Waals surface area contributed by atoms with E-state index in [2.05, 4.69) is 49.9 Å². The summed E-state index contributed by atoms with van der Waals surface area (Å²) in [6, 6.07) is 18.1. The van der Waals surface area contributed by atoms with Crippen LogP contribution in [0.5, 0.6) is 5.75 Å². The number of benzene rings is 1. The van der Waals surface area contributed by atoms with Crippen molar-refractivity contribution in [3.63, 3.8) is 0 Å². The van der Waals surface area contributed by atoms with Crippen LogP contribution < -0.4 is 10.1 Å². The molecule has 0 aliphatic heterocycles. The normalized spacial score (nSPS) is 11.1. The molecule has 0 saturated heterocycles. The van der Waals surface area contributed by atoms with Crippen molar-refractivity contribution in [3.8, 4) is 16.9 Å². The maximum atomic E-state index is 5.23. The van der Waals surface area contributed by atoms with E-state index in [9.17, 15) is 0 Å².